The molecule has 7 aromatic carbocycles. The molecule has 0 saturated carbocycles. The van der Waals surface area contributed by atoms with Crippen LogP contribution < -0.4 is 0 Å². The van der Waals surface area contributed by atoms with Crippen molar-refractivity contribution in [1.29, 1.82) is 0 Å². The van der Waals surface area contributed by atoms with Gasteiger partial charge in [0.1, 0.15) is 17.0 Å². The number of furan rings is 1. The van der Waals surface area contributed by atoms with Crippen LogP contribution in [0.4, 0.5) is 0 Å². The zero-order valence-corrected chi connectivity index (χ0v) is 33.0. The van der Waals surface area contributed by atoms with Crippen molar-refractivity contribution >= 4 is 55.4 Å². The van der Waals surface area contributed by atoms with E-state index in [9.17, 15) is 0 Å². The largest absolute Gasteiger partial charge is 0.456 e. The van der Waals surface area contributed by atoms with Crippen LogP contribution in [0.25, 0.3) is 106 Å². The number of imidazole rings is 1. The first-order valence-corrected chi connectivity index (χ1v) is 20.7. The quantitative estimate of drug-likeness (QED) is 0.157. The molecular formula is C55H35N5O. The molecule has 0 atom stereocenters. The summed E-state index contributed by atoms with van der Waals surface area (Å²) in [5.74, 6) is 8.98. The standard InChI is InChI=1S/C55H35N5O/c1-2-6-19-35(18-5-1)52-57-53(36-20-7-3-8-21-36)59-54(58-52)43-28-17-31-48-50(43)44-34-38(32-33-47(44)61-48)49-39-24-11-13-26-41(39)51(42-27-14-12-25-40(42)49)60-46-30-16-15-29-45(46)56-55(60)37-22-9-4-10-23-37/h3-5,7-11,13-24,26-34H,1,12,25H2. The Bertz CT molecular complexity index is 3560. The summed E-state index contributed by atoms with van der Waals surface area (Å²) in [6, 6.07) is 50.7. The van der Waals surface area contributed by atoms with Crippen molar-refractivity contribution < 1.29 is 4.42 Å². The Morgan fingerprint density at radius 3 is 2.23 bits per heavy atom. The van der Waals surface area contributed by atoms with Crippen LogP contribution in [0.1, 0.15) is 29.8 Å². The third-order valence-corrected chi connectivity index (χ3v) is 11.8. The summed E-state index contributed by atoms with van der Waals surface area (Å²) in [6.07, 6.45) is 13.2. The van der Waals surface area contributed by atoms with Gasteiger partial charge in [-0.2, -0.15) is 0 Å². The number of hydrogen-bond donors (Lipinski definition) is 0. The first-order chi connectivity index (χ1) is 30.3. The van der Waals surface area contributed by atoms with E-state index in [4.69, 9.17) is 24.4 Å². The fourth-order valence-electron chi connectivity index (χ4n) is 9.09. The second-order valence-corrected chi connectivity index (χ2v) is 15.4. The second-order valence-electron chi connectivity index (χ2n) is 15.4. The second kappa shape index (κ2) is 14.3. The number of hydrogen-bond acceptors (Lipinski definition) is 5. The molecule has 10 aromatic rings. The molecule has 6 heteroatoms. The molecule has 0 radical (unpaired) electrons. The minimum absolute atomic E-state index is 0.577. The number of benzene rings is 7. The molecule has 0 unspecified atom stereocenters. The van der Waals surface area contributed by atoms with E-state index in [1.54, 1.807) is 0 Å². The predicted octanol–water partition coefficient (Wildman–Crippen LogP) is 13.2. The Morgan fingerprint density at radius 1 is 0.574 bits per heavy atom. The van der Waals surface area contributed by atoms with E-state index >= 15 is 0 Å². The van der Waals surface area contributed by atoms with Crippen LogP contribution in [-0.2, 0) is 6.42 Å². The van der Waals surface area contributed by atoms with Gasteiger partial charge < -0.3 is 4.42 Å². The average molecular weight is 782 g/mol. The number of allylic oxidation sites excluding steroid dienone is 5. The molecule has 3 heterocycles. The van der Waals surface area contributed by atoms with E-state index in [2.05, 4.69) is 132 Å². The van der Waals surface area contributed by atoms with Gasteiger partial charge in [0, 0.05) is 50.4 Å². The molecule has 286 valence electrons. The summed E-state index contributed by atoms with van der Waals surface area (Å²) in [7, 11) is 0. The van der Waals surface area contributed by atoms with E-state index < -0.39 is 0 Å². The molecule has 2 aliphatic carbocycles. The zero-order valence-electron chi connectivity index (χ0n) is 33.0. The summed E-state index contributed by atoms with van der Waals surface area (Å²) in [4.78, 5) is 20.5. The van der Waals surface area contributed by atoms with Gasteiger partial charge in [0.2, 0.25) is 0 Å². The van der Waals surface area contributed by atoms with Gasteiger partial charge in [0.25, 0.3) is 0 Å². The summed E-state index contributed by atoms with van der Waals surface area (Å²) < 4.78 is 8.99. The summed E-state index contributed by atoms with van der Waals surface area (Å²) in [5.41, 5.74) is 13.4. The number of para-hydroxylation sites is 2. The molecule has 6 nitrogen and oxygen atoms in total. The number of aromatic nitrogens is 5. The zero-order chi connectivity index (χ0) is 40.3. The van der Waals surface area contributed by atoms with Crippen molar-refractivity contribution in [1.82, 2.24) is 24.5 Å². The number of nitrogens with zero attached hydrogens (tertiary/aromatic N) is 5. The Morgan fingerprint density at radius 2 is 1.34 bits per heavy atom. The van der Waals surface area contributed by atoms with E-state index in [1.165, 1.54) is 27.5 Å². The molecule has 0 fully saturated rings. The molecule has 0 aliphatic heterocycles. The first-order valence-electron chi connectivity index (χ1n) is 20.7. The summed E-state index contributed by atoms with van der Waals surface area (Å²) in [6.45, 7) is 0. The monoisotopic (exact) mass is 781 g/mol. The minimum atomic E-state index is 0.577. The molecule has 3 aromatic heterocycles. The third kappa shape index (κ3) is 5.82. The predicted molar refractivity (Wildman–Crippen MR) is 248 cm³/mol. The molecule has 61 heavy (non-hydrogen) atoms. The molecule has 0 saturated heterocycles. The van der Waals surface area contributed by atoms with Gasteiger partial charge in [-0.05, 0) is 71.3 Å². The lowest BCUT2D eigenvalue weighted by Gasteiger charge is -2.25. The smallest absolute Gasteiger partial charge is 0.164 e. The van der Waals surface area contributed by atoms with Crippen molar-refractivity contribution in [3.63, 3.8) is 0 Å². The lowest BCUT2D eigenvalue weighted by Crippen LogP contribution is -2.08. The number of rotatable bonds is 6. The van der Waals surface area contributed by atoms with Crippen molar-refractivity contribution in [3.05, 3.63) is 187 Å². The van der Waals surface area contributed by atoms with Crippen LogP contribution >= 0.6 is 0 Å². The summed E-state index contributed by atoms with van der Waals surface area (Å²) >= 11 is 0. The Hall–Kier alpha value is -8.14. The maximum absolute atomic E-state index is 6.61. The van der Waals surface area contributed by atoms with Gasteiger partial charge in [0.15, 0.2) is 17.5 Å². The topological polar surface area (TPSA) is 69.6 Å². The maximum Gasteiger partial charge on any atom is 0.164 e. The Kier molecular flexibility index (Phi) is 8.17. The third-order valence-electron chi connectivity index (χ3n) is 11.8. The molecule has 0 N–H and O–H groups in total. The van der Waals surface area contributed by atoms with Crippen LogP contribution in [0.3, 0.4) is 0 Å². The Labute approximate surface area is 351 Å². The highest BCUT2D eigenvalue weighted by Crippen LogP contribution is 2.46. The molecule has 0 bridgehead atoms. The normalized spacial score (nSPS) is 13.3. The molecular weight excluding hydrogens is 747 g/mol. The number of fused-ring (bicyclic) bond motifs is 6. The highest BCUT2D eigenvalue weighted by atomic mass is 16.3. The van der Waals surface area contributed by atoms with Gasteiger partial charge in [-0.3, -0.25) is 4.57 Å². The van der Waals surface area contributed by atoms with E-state index in [0.717, 1.165) is 85.2 Å². The molecule has 0 amide bonds. The fourth-order valence-corrected chi connectivity index (χ4v) is 9.09. The maximum atomic E-state index is 6.61. The highest BCUT2D eigenvalue weighted by Gasteiger charge is 2.26. The van der Waals surface area contributed by atoms with E-state index in [-0.39, 0.29) is 0 Å². The Balaban J connectivity index is 1.10. The van der Waals surface area contributed by atoms with Crippen LogP contribution in [0.5, 0.6) is 0 Å². The minimum Gasteiger partial charge on any atom is -0.456 e. The SMILES string of the molecule is C1#CCC=CC(c2nc(-c3ccccc3)nc(-c3cccc4oc5ccc(-c6c7c(c(-n8c(-c9ccccc9)nc9ccccc98)c8ccccc68)C=CCC7)cc5c34)n2)=C1. The molecule has 12 rings (SSSR count). The van der Waals surface area contributed by atoms with Gasteiger partial charge >= 0.3 is 0 Å². The van der Waals surface area contributed by atoms with Crippen LogP contribution in [-0.4, -0.2) is 24.5 Å². The van der Waals surface area contributed by atoms with Gasteiger partial charge in [-0.15, -0.1) is 0 Å². The van der Waals surface area contributed by atoms with E-state index in [0.29, 0.717) is 23.9 Å². The van der Waals surface area contributed by atoms with Crippen molar-refractivity contribution in [3.8, 4) is 62.8 Å². The summed E-state index contributed by atoms with van der Waals surface area (Å²) in [5, 5.41) is 4.33. The lowest BCUT2D eigenvalue weighted by molar-refractivity contribution is 0.669. The molecule has 0 spiro atoms. The van der Waals surface area contributed by atoms with E-state index in [1.807, 2.05) is 60.7 Å². The van der Waals surface area contributed by atoms with Crippen molar-refractivity contribution in [2.45, 2.75) is 19.3 Å². The van der Waals surface area contributed by atoms with Crippen LogP contribution in [0, 0.1) is 11.8 Å². The van der Waals surface area contributed by atoms with Gasteiger partial charge in [0.05, 0.1) is 16.7 Å². The van der Waals surface area contributed by atoms with Gasteiger partial charge in [-0.1, -0.05) is 151 Å². The van der Waals surface area contributed by atoms with Crippen molar-refractivity contribution in [2.24, 2.45) is 0 Å². The van der Waals surface area contributed by atoms with Gasteiger partial charge in [-0.25, -0.2) is 19.9 Å². The lowest BCUT2D eigenvalue weighted by atomic mass is 9.83. The first kappa shape index (κ1) is 34.9. The van der Waals surface area contributed by atoms with Crippen molar-refractivity contribution in [2.75, 3.05) is 0 Å². The highest BCUT2D eigenvalue weighted by molar-refractivity contribution is 6.14. The van der Waals surface area contributed by atoms with Crippen LogP contribution in [0.15, 0.2) is 174 Å². The fraction of sp³-hybridized carbons (Fsp3) is 0.0545. The van der Waals surface area contributed by atoms with Crippen LogP contribution in [0.2, 0.25) is 0 Å². The average Bonchev–Trinajstić information content (AvgIpc) is 3.77. The molecule has 2 aliphatic rings.